The Morgan fingerprint density at radius 1 is 1.11 bits per heavy atom. The summed E-state index contributed by atoms with van der Waals surface area (Å²) in [6.07, 6.45) is 0. The summed E-state index contributed by atoms with van der Waals surface area (Å²) in [4.78, 5) is 29.3. The van der Waals surface area contributed by atoms with E-state index in [4.69, 9.17) is 4.74 Å². The molecule has 0 aliphatic rings. The number of carbonyl (C=O) groups is 2. The molecule has 0 spiro atoms. The van der Waals surface area contributed by atoms with Gasteiger partial charge >= 0.3 is 5.97 Å². The lowest BCUT2D eigenvalue weighted by atomic mass is 10.2. The Morgan fingerprint density at radius 3 is 2.67 bits per heavy atom. The molecule has 0 bridgehead atoms. The summed E-state index contributed by atoms with van der Waals surface area (Å²) >= 11 is 2.81. The highest BCUT2D eigenvalue weighted by molar-refractivity contribution is 8.00. The van der Waals surface area contributed by atoms with Crippen molar-refractivity contribution in [2.45, 2.75) is 25.7 Å². The fourth-order valence-corrected chi connectivity index (χ4v) is 4.33. The first-order valence-corrected chi connectivity index (χ1v) is 10.2. The molecule has 5 nitrogen and oxygen atoms in total. The number of thiazole rings is 1. The van der Waals surface area contributed by atoms with Crippen molar-refractivity contribution < 1.29 is 14.3 Å². The van der Waals surface area contributed by atoms with E-state index in [0.29, 0.717) is 5.13 Å². The first-order chi connectivity index (χ1) is 12.9. The molecule has 0 aliphatic carbocycles. The molecule has 1 amide bonds. The number of esters is 1. The fourth-order valence-electron chi connectivity index (χ4n) is 2.43. The van der Waals surface area contributed by atoms with Crippen LogP contribution in [0, 0.1) is 20.8 Å². The highest BCUT2D eigenvalue weighted by Gasteiger charge is 2.12. The molecule has 140 valence electrons. The number of nitrogens with zero attached hydrogens (tertiary/aromatic N) is 1. The maximum Gasteiger partial charge on any atom is 0.316 e. The average Bonchev–Trinajstić information content (AvgIpc) is 3.01. The molecule has 0 radical (unpaired) electrons. The number of carbonyl (C=O) groups excluding carboxylic acids is 2. The number of hydrogen-bond donors (Lipinski definition) is 1. The van der Waals surface area contributed by atoms with Crippen LogP contribution in [0.5, 0.6) is 0 Å². The van der Waals surface area contributed by atoms with Crippen LogP contribution in [-0.4, -0.2) is 29.2 Å². The topological polar surface area (TPSA) is 68.3 Å². The number of anilines is 1. The van der Waals surface area contributed by atoms with E-state index in [2.05, 4.69) is 10.3 Å². The zero-order chi connectivity index (χ0) is 19.4. The molecular formula is C20H20N2O3S2. The van der Waals surface area contributed by atoms with E-state index < -0.39 is 11.9 Å². The van der Waals surface area contributed by atoms with Crippen molar-refractivity contribution in [2.24, 2.45) is 0 Å². The second-order valence-electron chi connectivity index (χ2n) is 6.26. The van der Waals surface area contributed by atoms with Crippen molar-refractivity contribution in [1.82, 2.24) is 4.98 Å². The molecule has 1 N–H and O–H groups in total. The number of benzene rings is 2. The van der Waals surface area contributed by atoms with Crippen LogP contribution in [0.1, 0.15) is 16.7 Å². The SMILES string of the molecule is Cc1ccc(C)c(SCC(=O)OCC(=O)Nc2nc3ccc(C)cc3s2)c1. The van der Waals surface area contributed by atoms with Gasteiger partial charge < -0.3 is 4.74 Å². The first-order valence-electron chi connectivity index (χ1n) is 8.43. The van der Waals surface area contributed by atoms with Crippen molar-refractivity contribution in [2.75, 3.05) is 17.7 Å². The highest BCUT2D eigenvalue weighted by Crippen LogP contribution is 2.26. The van der Waals surface area contributed by atoms with Gasteiger partial charge in [-0.05, 0) is 50.1 Å². The molecule has 1 aromatic heterocycles. The average molecular weight is 401 g/mol. The van der Waals surface area contributed by atoms with E-state index in [9.17, 15) is 9.59 Å². The number of thioether (sulfide) groups is 1. The number of aryl methyl sites for hydroxylation is 3. The summed E-state index contributed by atoms with van der Waals surface area (Å²) in [5.41, 5.74) is 4.23. The molecule has 0 saturated carbocycles. The zero-order valence-electron chi connectivity index (χ0n) is 15.4. The summed E-state index contributed by atoms with van der Waals surface area (Å²) in [5.74, 6) is -0.648. The Labute approximate surface area is 166 Å². The third-order valence-electron chi connectivity index (χ3n) is 3.84. The first kappa shape index (κ1) is 19.4. The predicted octanol–water partition coefficient (Wildman–Crippen LogP) is 4.50. The normalized spacial score (nSPS) is 10.8. The molecule has 1 heterocycles. The van der Waals surface area contributed by atoms with Crippen molar-refractivity contribution in [1.29, 1.82) is 0 Å². The molecule has 27 heavy (non-hydrogen) atoms. The molecule has 0 fully saturated rings. The van der Waals surface area contributed by atoms with Gasteiger partial charge in [-0.2, -0.15) is 0 Å². The van der Waals surface area contributed by atoms with Gasteiger partial charge in [0.25, 0.3) is 5.91 Å². The summed E-state index contributed by atoms with van der Waals surface area (Å²) < 4.78 is 6.07. The number of rotatable bonds is 6. The molecule has 0 unspecified atom stereocenters. The standard InChI is InChI=1S/C20H20N2O3S2/c1-12-4-6-14(3)16(8-12)26-11-19(24)25-10-18(23)22-20-21-15-7-5-13(2)9-17(15)27-20/h4-9H,10-11H2,1-3H3,(H,21,22,23). The van der Waals surface area contributed by atoms with E-state index in [1.807, 2.05) is 57.2 Å². The van der Waals surface area contributed by atoms with E-state index in [-0.39, 0.29) is 12.4 Å². The van der Waals surface area contributed by atoms with Gasteiger partial charge in [0.1, 0.15) is 0 Å². The number of fused-ring (bicyclic) bond motifs is 1. The minimum absolute atomic E-state index is 0.165. The highest BCUT2D eigenvalue weighted by atomic mass is 32.2. The van der Waals surface area contributed by atoms with Crippen molar-refractivity contribution in [3.05, 3.63) is 53.1 Å². The molecular weight excluding hydrogens is 380 g/mol. The van der Waals surface area contributed by atoms with Crippen molar-refractivity contribution in [3.8, 4) is 0 Å². The van der Waals surface area contributed by atoms with E-state index in [1.165, 1.54) is 23.1 Å². The molecule has 0 aliphatic heterocycles. The van der Waals surface area contributed by atoms with E-state index in [0.717, 1.165) is 31.8 Å². The summed E-state index contributed by atoms with van der Waals surface area (Å²) in [7, 11) is 0. The fraction of sp³-hybridized carbons (Fsp3) is 0.250. The molecule has 0 saturated heterocycles. The number of nitrogens with one attached hydrogen (secondary N) is 1. The number of amides is 1. The van der Waals surface area contributed by atoms with E-state index >= 15 is 0 Å². The van der Waals surface area contributed by atoms with Gasteiger partial charge in [0, 0.05) is 4.90 Å². The third kappa shape index (κ3) is 5.30. The summed E-state index contributed by atoms with van der Waals surface area (Å²) in [6.45, 7) is 5.70. The number of aromatic nitrogens is 1. The lowest BCUT2D eigenvalue weighted by Crippen LogP contribution is -2.21. The van der Waals surface area contributed by atoms with Gasteiger partial charge in [-0.3, -0.25) is 14.9 Å². The van der Waals surface area contributed by atoms with Crippen LogP contribution in [-0.2, 0) is 14.3 Å². The lowest BCUT2D eigenvalue weighted by molar-refractivity contribution is -0.144. The monoisotopic (exact) mass is 400 g/mol. The van der Waals surface area contributed by atoms with Gasteiger partial charge in [0.15, 0.2) is 11.7 Å². The van der Waals surface area contributed by atoms with Crippen LogP contribution in [0.2, 0.25) is 0 Å². The Kier molecular flexibility index (Phi) is 6.13. The van der Waals surface area contributed by atoms with Gasteiger partial charge in [0.2, 0.25) is 0 Å². The maximum atomic E-state index is 12.0. The Hall–Kier alpha value is -2.38. The van der Waals surface area contributed by atoms with Gasteiger partial charge in [-0.15, -0.1) is 11.8 Å². The molecule has 3 aromatic rings. The third-order valence-corrected chi connectivity index (χ3v) is 5.91. The van der Waals surface area contributed by atoms with Crippen LogP contribution in [0.15, 0.2) is 41.3 Å². The zero-order valence-corrected chi connectivity index (χ0v) is 17.0. The summed E-state index contributed by atoms with van der Waals surface area (Å²) in [5, 5.41) is 3.18. The predicted molar refractivity (Wildman–Crippen MR) is 111 cm³/mol. The largest absolute Gasteiger partial charge is 0.455 e. The van der Waals surface area contributed by atoms with Crippen LogP contribution in [0.4, 0.5) is 5.13 Å². The minimum Gasteiger partial charge on any atom is -0.455 e. The van der Waals surface area contributed by atoms with Crippen LogP contribution >= 0.6 is 23.1 Å². The van der Waals surface area contributed by atoms with Crippen LogP contribution < -0.4 is 5.32 Å². The van der Waals surface area contributed by atoms with Crippen LogP contribution in [0.25, 0.3) is 10.2 Å². The maximum absolute atomic E-state index is 12.0. The van der Waals surface area contributed by atoms with Crippen LogP contribution in [0.3, 0.4) is 0 Å². The van der Waals surface area contributed by atoms with Gasteiger partial charge in [-0.25, -0.2) is 4.98 Å². The summed E-state index contributed by atoms with van der Waals surface area (Å²) in [6, 6.07) is 12.0. The quantitative estimate of drug-likeness (QED) is 0.487. The Bertz CT molecular complexity index is 998. The Balaban J connectivity index is 1.47. The smallest absolute Gasteiger partial charge is 0.316 e. The Morgan fingerprint density at radius 2 is 1.85 bits per heavy atom. The van der Waals surface area contributed by atoms with Gasteiger partial charge in [0.05, 0.1) is 16.0 Å². The second kappa shape index (κ2) is 8.54. The van der Waals surface area contributed by atoms with E-state index in [1.54, 1.807) is 0 Å². The minimum atomic E-state index is -0.420. The molecule has 3 rings (SSSR count). The molecule has 2 aromatic carbocycles. The van der Waals surface area contributed by atoms with Gasteiger partial charge in [-0.1, -0.05) is 35.1 Å². The van der Waals surface area contributed by atoms with Crippen molar-refractivity contribution >= 4 is 50.3 Å². The number of ether oxygens (including phenoxy) is 1. The second-order valence-corrected chi connectivity index (χ2v) is 8.30. The molecule has 0 atom stereocenters. The van der Waals surface area contributed by atoms with Crippen molar-refractivity contribution in [3.63, 3.8) is 0 Å². The lowest BCUT2D eigenvalue weighted by Gasteiger charge is -2.07. The number of hydrogen-bond acceptors (Lipinski definition) is 6. The molecule has 7 heteroatoms.